The van der Waals surface area contributed by atoms with Crippen molar-refractivity contribution in [3.8, 4) is 0 Å². The second kappa shape index (κ2) is 6.69. The third kappa shape index (κ3) is 3.70. The van der Waals surface area contributed by atoms with E-state index in [0.29, 0.717) is 24.1 Å². The van der Waals surface area contributed by atoms with E-state index >= 15 is 0 Å². The molecule has 2 rings (SSSR count). The molecule has 2 N–H and O–H groups in total. The van der Waals surface area contributed by atoms with Crippen molar-refractivity contribution in [1.29, 1.82) is 0 Å². The molecule has 3 heteroatoms. The van der Waals surface area contributed by atoms with Crippen LogP contribution in [-0.2, 0) is 4.74 Å². The van der Waals surface area contributed by atoms with Gasteiger partial charge >= 0.3 is 0 Å². The Morgan fingerprint density at radius 2 is 2.19 bits per heavy atom. The SMILES string of the molecule is C=CN(C1=CC(=C)OC1)C(C)CC1(CC)CCC(N)CC1. The molecule has 1 saturated carbocycles. The third-order valence-corrected chi connectivity index (χ3v) is 5.31. The van der Waals surface area contributed by atoms with E-state index in [-0.39, 0.29) is 0 Å². The van der Waals surface area contributed by atoms with Crippen molar-refractivity contribution < 1.29 is 4.74 Å². The molecule has 0 aromatic heterocycles. The summed E-state index contributed by atoms with van der Waals surface area (Å²) in [5.74, 6) is 0.748. The average molecular weight is 290 g/mol. The average Bonchev–Trinajstić information content (AvgIpc) is 2.89. The minimum Gasteiger partial charge on any atom is -0.488 e. The molecule has 1 fully saturated rings. The molecular weight excluding hydrogens is 260 g/mol. The van der Waals surface area contributed by atoms with E-state index in [1.807, 2.05) is 12.3 Å². The highest BCUT2D eigenvalue weighted by Crippen LogP contribution is 2.43. The van der Waals surface area contributed by atoms with Crippen molar-refractivity contribution in [2.75, 3.05) is 6.61 Å². The van der Waals surface area contributed by atoms with E-state index in [2.05, 4.69) is 31.9 Å². The summed E-state index contributed by atoms with van der Waals surface area (Å²) in [6.45, 7) is 13.1. The van der Waals surface area contributed by atoms with E-state index in [1.165, 1.54) is 31.4 Å². The Kier molecular flexibility index (Phi) is 5.15. The lowest BCUT2D eigenvalue weighted by molar-refractivity contribution is 0.115. The molecular formula is C18H30N2O. The summed E-state index contributed by atoms with van der Waals surface area (Å²) >= 11 is 0. The number of ether oxygens (including phenoxy) is 1. The van der Waals surface area contributed by atoms with Gasteiger partial charge in [0.2, 0.25) is 0 Å². The number of nitrogens with zero attached hydrogens (tertiary/aromatic N) is 1. The van der Waals surface area contributed by atoms with Gasteiger partial charge in [-0.15, -0.1) is 0 Å². The first kappa shape index (κ1) is 16.2. The number of nitrogens with two attached hydrogens (primary N) is 1. The zero-order valence-corrected chi connectivity index (χ0v) is 13.6. The minimum absolute atomic E-state index is 0.407. The van der Waals surface area contributed by atoms with E-state index in [9.17, 15) is 0 Å². The second-order valence-corrected chi connectivity index (χ2v) is 6.72. The van der Waals surface area contributed by atoms with E-state index in [4.69, 9.17) is 10.5 Å². The summed E-state index contributed by atoms with van der Waals surface area (Å²) in [6.07, 6.45) is 11.2. The van der Waals surface area contributed by atoms with Crippen LogP contribution in [0.15, 0.2) is 36.9 Å². The van der Waals surface area contributed by atoms with Crippen LogP contribution in [-0.4, -0.2) is 23.6 Å². The highest BCUT2D eigenvalue weighted by Gasteiger charge is 2.35. The van der Waals surface area contributed by atoms with Crippen LogP contribution in [0.2, 0.25) is 0 Å². The first-order chi connectivity index (χ1) is 9.99. The smallest absolute Gasteiger partial charge is 0.128 e. The first-order valence-electron chi connectivity index (χ1n) is 8.18. The van der Waals surface area contributed by atoms with E-state index in [1.54, 1.807) is 0 Å². The van der Waals surface area contributed by atoms with Crippen LogP contribution >= 0.6 is 0 Å². The van der Waals surface area contributed by atoms with Crippen LogP contribution in [0.3, 0.4) is 0 Å². The lowest BCUT2D eigenvalue weighted by Crippen LogP contribution is -2.39. The van der Waals surface area contributed by atoms with Gasteiger partial charge < -0.3 is 15.4 Å². The largest absolute Gasteiger partial charge is 0.488 e. The van der Waals surface area contributed by atoms with Gasteiger partial charge in [0, 0.05) is 18.2 Å². The number of rotatable bonds is 6. The van der Waals surface area contributed by atoms with Crippen molar-refractivity contribution in [2.45, 2.75) is 64.5 Å². The fourth-order valence-electron chi connectivity index (χ4n) is 3.84. The predicted octanol–water partition coefficient (Wildman–Crippen LogP) is 3.94. The molecule has 21 heavy (non-hydrogen) atoms. The van der Waals surface area contributed by atoms with Gasteiger partial charge in [0.05, 0.1) is 5.70 Å². The van der Waals surface area contributed by atoms with Crippen molar-refractivity contribution in [1.82, 2.24) is 4.90 Å². The Labute approximate surface area is 129 Å². The van der Waals surface area contributed by atoms with Crippen LogP contribution in [0.25, 0.3) is 0 Å². The monoisotopic (exact) mass is 290 g/mol. The van der Waals surface area contributed by atoms with Crippen LogP contribution < -0.4 is 5.73 Å². The highest BCUT2D eigenvalue weighted by molar-refractivity contribution is 5.23. The maximum atomic E-state index is 6.08. The van der Waals surface area contributed by atoms with Crippen molar-refractivity contribution >= 4 is 0 Å². The van der Waals surface area contributed by atoms with Crippen LogP contribution in [0.1, 0.15) is 52.4 Å². The van der Waals surface area contributed by atoms with Gasteiger partial charge in [-0.1, -0.05) is 26.5 Å². The van der Waals surface area contributed by atoms with Crippen LogP contribution in [0, 0.1) is 5.41 Å². The van der Waals surface area contributed by atoms with Gasteiger partial charge in [-0.25, -0.2) is 0 Å². The minimum atomic E-state index is 0.407. The summed E-state index contributed by atoms with van der Waals surface area (Å²) < 4.78 is 5.46. The van der Waals surface area contributed by atoms with Gasteiger partial charge in [-0.3, -0.25) is 0 Å². The predicted molar refractivity (Wildman–Crippen MR) is 88.5 cm³/mol. The summed E-state index contributed by atoms with van der Waals surface area (Å²) in [6, 6.07) is 0.835. The summed E-state index contributed by atoms with van der Waals surface area (Å²) in [4.78, 5) is 2.25. The second-order valence-electron chi connectivity index (χ2n) is 6.72. The lowest BCUT2D eigenvalue weighted by atomic mass is 9.67. The topological polar surface area (TPSA) is 38.5 Å². The molecule has 1 unspecified atom stereocenters. The zero-order chi connectivity index (χ0) is 15.5. The molecule has 1 atom stereocenters. The van der Waals surface area contributed by atoms with Crippen molar-refractivity contribution in [3.63, 3.8) is 0 Å². The van der Waals surface area contributed by atoms with Gasteiger partial charge in [0.1, 0.15) is 12.4 Å². The highest BCUT2D eigenvalue weighted by atomic mass is 16.5. The molecule has 0 saturated heterocycles. The Hall–Kier alpha value is -1.22. The first-order valence-corrected chi connectivity index (χ1v) is 8.18. The lowest BCUT2D eigenvalue weighted by Gasteiger charge is -2.42. The fourth-order valence-corrected chi connectivity index (χ4v) is 3.84. The fraction of sp³-hybridized carbons (Fsp3) is 0.667. The quantitative estimate of drug-likeness (QED) is 0.805. The molecule has 1 heterocycles. The normalized spacial score (nSPS) is 30.5. The maximum Gasteiger partial charge on any atom is 0.128 e. The van der Waals surface area contributed by atoms with Gasteiger partial charge in [-0.05, 0) is 50.6 Å². The maximum absolute atomic E-state index is 6.08. The van der Waals surface area contributed by atoms with E-state index in [0.717, 1.165) is 18.6 Å². The molecule has 0 aromatic rings. The van der Waals surface area contributed by atoms with Crippen LogP contribution in [0.4, 0.5) is 0 Å². The van der Waals surface area contributed by atoms with Gasteiger partial charge in [-0.2, -0.15) is 0 Å². The standard InChI is InChI=1S/C18H30N2O/c1-5-18(9-7-16(19)8-10-18)12-14(3)20(6-2)17-11-15(4)21-13-17/h6,11,14,16H,2,4-5,7-10,12-13,19H2,1,3H3. The molecule has 118 valence electrons. The Morgan fingerprint density at radius 3 is 2.67 bits per heavy atom. The molecule has 2 aliphatic rings. The number of allylic oxidation sites excluding steroid dienone is 1. The molecule has 1 aliphatic heterocycles. The molecule has 3 nitrogen and oxygen atoms in total. The Morgan fingerprint density at radius 1 is 1.52 bits per heavy atom. The van der Waals surface area contributed by atoms with Crippen molar-refractivity contribution in [2.24, 2.45) is 11.1 Å². The number of hydrogen-bond donors (Lipinski definition) is 1. The number of hydrogen-bond acceptors (Lipinski definition) is 3. The Balaban J connectivity index is 2.04. The van der Waals surface area contributed by atoms with E-state index < -0.39 is 0 Å². The molecule has 0 radical (unpaired) electrons. The van der Waals surface area contributed by atoms with Crippen molar-refractivity contribution in [3.05, 3.63) is 36.9 Å². The summed E-state index contributed by atoms with van der Waals surface area (Å²) in [5, 5.41) is 0. The Bertz CT molecular complexity index is 419. The molecule has 0 bridgehead atoms. The van der Waals surface area contributed by atoms with Gasteiger partial charge in [0.15, 0.2) is 0 Å². The molecule has 0 aromatic carbocycles. The molecule has 0 spiro atoms. The molecule has 0 amide bonds. The zero-order valence-electron chi connectivity index (χ0n) is 13.6. The van der Waals surface area contributed by atoms with Gasteiger partial charge in [0.25, 0.3) is 0 Å². The third-order valence-electron chi connectivity index (χ3n) is 5.31. The molecule has 1 aliphatic carbocycles. The summed E-state index contributed by atoms with van der Waals surface area (Å²) in [7, 11) is 0. The van der Waals surface area contributed by atoms with Crippen LogP contribution in [0.5, 0.6) is 0 Å². The summed E-state index contributed by atoms with van der Waals surface area (Å²) in [5.41, 5.74) is 7.69.